The fraction of sp³-hybridized carbons (Fsp3) is 0.500. The van der Waals surface area contributed by atoms with Gasteiger partial charge in [-0.25, -0.2) is 4.79 Å². The summed E-state index contributed by atoms with van der Waals surface area (Å²) >= 11 is 0. The van der Waals surface area contributed by atoms with Gasteiger partial charge in [-0.3, -0.25) is 0 Å². The monoisotopic (exact) mass is 249 g/mol. The number of rotatable bonds is 4. The third kappa shape index (κ3) is 2.03. The van der Waals surface area contributed by atoms with E-state index in [-0.39, 0.29) is 5.97 Å². The summed E-state index contributed by atoms with van der Waals surface area (Å²) < 4.78 is 10.4. The van der Waals surface area contributed by atoms with Crippen molar-refractivity contribution >= 4 is 11.7 Å². The number of carbonyl (C=O) groups is 1. The molecule has 0 bridgehead atoms. The van der Waals surface area contributed by atoms with Crippen LogP contribution in [0.15, 0.2) is 18.2 Å². The molecule has 1 aromatic rings. The van der Waals surface area contributed by atoms with E-state index in [4.69, 9.17) is 9.47 Å². The summed E-state index contributed by atoms with van der Waals surface area (Å²) in [5, 5.41) is 3.30. The van der Waals surface area contributed by atoms with Crippen LogP contribution in [0.3, 0.4) is 0 Å². The summed E-state index contributed by atoms with van der Waals surface area (Å²) in [5.74, 6) is 0.633. The van der Waals surface area contributed by atoms with Crippen molar-refractivity contribution in [2.45, 2.75) is 32.2 Å². The largest absolute Gasteiger partial charge is 0.497 e. The van der Waals surface area contributed by atoms with E-state index in [1.165, 1.54) is 0 Å². The zero-order valence-corrected chi connectivity index (χ0v) is 11.1. The maximum absolute atomic E-state index is 12.1. The Balaban J connectivity index is 2.27. The number of ether oxygens (including phenoxy) is 2. The lowest BCUT2D eigenvalue weighted by Gasteiger charge is -2.26. The van der Waals surface area contributed by atoms with Crippen molar-refractivity contribution in [2.75, 3.05) is 19.0 Å². The third-order valence-electron chi connectivity index (χ3n) is 3.45. The Morgan fingerprint density at radius 3 is 2.83 bits per heavy atom. The Bertz CT molecular complexity index is 458. The van der Waals surface area contributed by atoms with Gasteiger partial charge in [0.05, 0.1) is 13.7 Å². The molecule has 4 nitrogen and oxygen atoms in total. The molecule has 0 aliphatic carbocycles. The number of carbonyl (C=O) groups excluding carboxylic acids is 1. The van der Waals surface area contributed by atoms with Gasteiger partial charge in [0.25, 0.3) is 0 Å². The molecule has 18 heavy (non-hydrogen) atoms. The number of fused-ring (bicyclic) bond motifs is 1. The first-order valence-corrected chi connectivity index (χ1v) is 6.27. The number of nitrogens with one attached hydrogen (secondary N) is 1. The normalized spacial score (nSPS) is 21.1. The zero-order valence-electron chi connectivity index (χ0n) is 11.1. The van der Waals surface area contributed by atoms with Crippen LogP contribution in [-0.4, -0.2) is 25.2 Å². The van der Waals surface area contributed by atoms with Crippen molar-refractivity contribution in [1.82, 2.24) is 0 Å². The fourth-order valence-electron chi connectivity index (χ4n) is 2.34. The molecule has 0 saturated heterocycles. The zero-order chi connectivity index (χ0) is 13.2. The lowest BCUT2D eigenvalue weighted by atomic mass is 9.92. The number of esters is 1. The molecule has 1 atom stereocenters. The predicted octanol–water partition coefficient (Wildman–Crippen LogP) is 2.38. The van der Waals surface area contributed by atoms with Crippen molar-refractivity contribution in [2.24, 2.45) is 0 Å². The summed E-state index contributed by atoms with van der Waals surface area (Å²) in [5.41, 5.74) is 1.47. The van der Waals surface area contributed by atoms with Gasteiger partial charge >= 0.3 is 5.97 Å². The first-order chi connectivity index (χ1) is 8.65. The molecule has 0 fully saturated rings. The van der Waals surface area contributed by atoms with Gasteiger partial charge in [0.1, 0.15) is 11.3 Å². The van der Waals surface area contributed by atoms with E-state index in [2.05, 4.69) is 5.32 Å². The van der Waals surface area contributed by atoms with E-state index in [0.29, 0.717) is 19.4 Å². The van der Waals surface area contributed by atoms with Gasteiger partial charge in [0, 0.05) is 12.1 Å². The van der Waals surface area contributed by atoms with E-state index in [0.717, 1.165) is 17.0 Å². The smallest absolute Gasteiger partial charge is 0.332 e. The van der Waals surface area contributed by atoms with E-state index in [9.17, 15) is 4.79 Å². The van der Waals surface area contributed by atoms with Crippen LogP contribution < -0.4 is 10.1 Å². The maximum atomic E-state index is 12.1. The minimum Gasteiger partial charge on any atom is -0.497 e. The predicted molar refractivity (Wildman–Crippen MR) is 70.0 cm³/mol. The molecule has 0 amide bonds. The molecule has 1 unspecified atom stereocenters. The van der Waals surface area contributed by atoms with Crippen LogP contribution in [0.25, 0.3) is 0 Å². The van der Waals surface area contributed by atoms with Gasteiger partial charge in [0.15, 0.2) is 0 Å². The highest BCUT2D eigenvalue weighted by atomic mass is 16.5. The van der Waals surface area contributed by atoms with Crippen molar-refractivity contribution in [1.29, 1.82) is 0 Å². The quantitative estimate of drug-likeness (QED) is 0.832. The Hall–Kier alpha value is -1.71. The molecule has 0 aromatic heterocycles. The van der Waals surface area contributed by atoms with Crippen molar-refractivity contribution < 1.29 is 14.3 Å². The molecule has 2 rings (SSSR count). The first-order valence-electron chi connectivity index (χ1n) is 6.27. The van der Waals surface area contributed by atoms with E-state index in [1.807, 2.05) is 32.0 Å². The molecule has 0 radical (unpaired) electrons. The van der Waals surface area contributed by atoms with Gasteiger partial charge in [-0.05, 0) is 37.1 Å². The molecule has 1 aliphatic heterocycles. The summed E-state index contributed by atoms with van der Waals surface area (Å²) in [6, 6.07) is 5.81. The summed E-state index contributed by atoms with van der Waals surface area (Å²) in [6.07, 6.45) is 1.34. The van der Waals surface area contributed by atoms with Gasteiger partial charge < -0.3 is 14.8 Å². The number of hydrogen-bond acceptors (Lipinski definition) is 4. The van der Waals surface area contributed by atoms with Crippen LogP contribution >= 0.6 is 0 Å². The van der Waals surface area contributed by atoms with Crippen LogP contribution in [0, 0.1) is 0 Å². The van der Waals surface area contributed by atoms with E-state index in [1.54, 1.807) is 7.11 Å². The second kappa shape index (κ2) is 4.88. The molecular formula is C14H19NO3. The van der Waals surface area contributed by atoms with Crippen molar-refractivity contribution in [3.8, 4) is 5.75 Å². The Morgan fingerprint density at radius 2 is 2.22 bits per heavy atom. The first kappa shape index (κ1) is 12.7. The highest BCUT2D eigenvalue weighted by Crippen LogP contribution is 2.37. The average molecular weight is 249 g/mol. The summed E-state index contributed by atoms with van der Waals surface area (Å²) in [7, 11) is 1.64. The summed E-state index contributed by atoms with van der Waals surface area (Å²) in [6.45, 7) is 4.22. The van der Waals surface area contributed by atoms with E-state index < -0.39 is 5.54 Å². The van der Waals surface area contributed by atoms with Gasteiger partial charge in [-0.15, -0.1) is 0 Å². The molecule has 1 aromatic carbocycles. The standard InChI is InChI=1S/C14H19NO3/c1-4-14(13(16)18-5-2)9-10-8-11(17-3)6-7-12(10)15-14/h6-8,15H,4-5,9H2,1-3H3. The molecule has 1 aliphatic rings. The van der Waals surface area contributed by atoms with E-state index >= 15 is 0 Å². The Morgan fingerprint density at radius 1 is 1.44 bits per heavy atom. The van der Waals surface area contributed by atoms with Gasteiger partial charge in [-0.1, -0.05) is 6.92 Å². The second-order valence-electron chi connectivity index (χ2n) is 4.48. The van der Waals surface area contributed by atoms with Crippen LogP contribution in [0.2, 0.25) is 0 Å². The lowest BCUT2D eigenvalue weighted by molar-refractivity contribution is -0.148. The summed E-state index contributed by atoms with van der Waals surface area (Å²) in [4.78, 5) is 12.1. The molecule has 1 heterocycles. The topological polar surface area (TPSA) is 47.6 Å². The minimum absolute atomic E-state index is 0.178. The third-order valence-corrected chi connectivity index (χ3v) is 3.45. The van der Waals surface area contributed by atoms with Crippen molar-refractivity contribution in [3.05, 3.63) is 23.8 Å². The molecule has 0 spiro atoms. The minimum atomic E-state index is -0.620. The fourth-order valence-corrected chi connectivity index (χ4v) is 2.34. The maximum Gasteiger partial charge on any atom is 0.332 e. The second-order valence-corrected chi connectivity index (χ2v) is 4.48. The van der Waals surface area contributed by atoms with Crippen LogP contribution in [0.4, 0.5) is 5.69 Å². The highest BCUT2D eigenvalue weighted by molar-refractivity contribution is 5.88. The van der Waals surface area contributed by atoms with Crippen molar-refractivity contribution in [3.63, 3.8) is 0 Å². The van der Waals surface area contributed by atoms with Gasteiger partial charge in [0.2, 0.25) is 0 Å². The number of methoxy groups -OCH3 is 1. The number of anilines is 1. The van der Waals surface area contributed by atoms with Crippen LogP contribution in [0.1, 0.15) is 25.8 Å². The molecule has 4 heteroatoms. The molecule has 1 N–H and O–H groups in total. The Kier molecular flexibility index (Phi) is 3.45. The lowest BCUT2D eigenvalue weighted by Crippen LogP contribution is -2.45. The van der Waals surface area contributed by atoms with Gasteiger partial charge in [-0.2, -0.15) is 0 Å². The number of benzene rings is 1. The van der Waals surface area contributed by atoms with Crippen LogP contribution in [-0.2, 0) is 16.0 Å². The SMILES string of the molecule is CCOC(=O)C1(CC)Cc2cc(OC)ccc2N1. The molecular weight excluding hydrogens is 230 g/mol. The number of hydrogen-bond donors (Lipinski definition) is 1. The average Bonchev–Trinajstić information content (AvgIpc) is 2.77. The molecule has 0 saturated carbocycles. The Labute approximate surface area is 107 Å². The molecule has 98 valence electrons. The van der Waals surface area contributed by atoms with Crippen LogP contribution in [0.5, 0.6) is 5.75 Å². The highest BCUT2D eigenvalue weighted by Gasteiger charge is 2.43.